The number of para-hydroxylation sites is 1. The number of ether oxygens (including phenoxy) is 2. The van der Waals surface area contributed by atoms with Crippen molar-refractivity contribution < 1.29 is 29.0 Å². The van der Waals surface area contributed by atoms with E-state index in [0.29, 0.717) is 42.3 Å². The summed E-state index contributed by atoms with van der Waals surface area (Å²) in [5.74, 6) is -1.93. The molecule has 1 N–H and O–H groups in total. The minimum absolute atomic E-state index is 0.0807. The van der Waals surface area contributed by atoms with Crippen LogP contribution in [-0.4, -0.2) is 60.0 Å². The van der Waals surface area contributed by atoms with Crippen LogP contribution in [0.3, 0.4) is 0 Å². The van der Waals surface area contributed by atoms with Crippen molar-refractivity contribution in [2.45, 2.75) is 44.2 Å². The Morgan fingerprint density at radius 1 is 1.18 bits per heavy atom. The molecule has 2 aromatic carbocycles. The minimum atomic E-state index is -1.77. The Balaban J connectivity index is 1.70. The highest BCUT2D eigenvalue weighted by Gasteiger charge is 2.67. The molecule has 3 heterocycles. The van der Waals surface area contributed by atoms with Crippen LogP contribution in [0.15, 0.2) is 66.8 Å². The normalized spacial score (nSPS) is 23.9. The van der Waals surface area contributed by atoms with E-state index in [1.165, 1.54) is 4.90 Å². The van der Waals surface area contributed by atoms with Crippen molar-refractivity contribution in [1.82, 2.24) is 4.90 Å². The molecule has 5 rings (SSSR count). The van der Waals surface area contributed by atoms with Crippen molar-refractivity contribution in [2.75, 3.05) is 31.2 Å². The number of carbonyl (C=O) groups excluding carboxylic acids is 3. The number of amides is 2. The lowest BCUT2D eigenvalue weighted by Gasteiger charge is -2.35. The molecule has 0 aromatic heterocycles. The Bertz CT molecular complexity index is 1290. The predicted molar refractivity (Wildman–Crippen MR) is 143 cm³/mol. The van der Waals surface area contributed by atoms with E-state index in [2.05, 4.69) is 6.58 Å². The van der Waals surface area contributed by atoms with Crippen LogP contribution in [0.4, 0.5) is 5.69 Å². The number of nitrogens with zero attached hydrogens (tertiary/aromatic N) is 2. The number of likely N-dealkylation sites (tertiary alicyclic amines) is 1. The van der Waals surface area contributed by atoms with Gasteiger partial charge in [0.25, 0.3) is 17.6 Å². The van der Waals surface area contributed by atoms with E-state index in [4.69, 9.17) is 9.47 Å². The quantitative estimate of drug-likeness (QED) is 0.233. The third kappa shape index (κ3) is 4.00. The van der Waals surface area contributed by atoms with Crippen LogP contribution in [0, 0.1) is 0 Å². The Hall–Kier alpha value is -3.91. The zero-order valence-electron chi connectivity index (χ0n) is 21.5. The van der Waals surface area contributed by atoms with Crippen molar-refractivity contribution in [3.05, 3.63) is 77.9 Å². The molecule has 8 heteroatoms. The summed E-state index contributed by atoms with van der Waals surface area (Å²) in [6.07, 6.45) is 4.51. The fourth-order valence-electron chi connectivity index (χ4n) is 5.66. The Morgan fingerprint density at radius 3 is 2.63 bits per heavy atom. The van der Waals surface area contributed by atoms with Gasteiger partial charge in [0.1, 0.15) is 18.1 Å². The number of Topliss-reactive ketones (excluding diaryl/α,β-unsaturated/α-hetero) is 1. The van der Waals surface area contributed by atoms with Gasteiger partial charge in [-0.15, -0.1) is 0 Å². The molecular weight excluding hydrogens is 484 g/mol. The SMILES string of the molecule is C=CCOc1ccc(/C(O)=C2\C(=O)C(=O)N(CC3CCCO3)C23C(=O)N(CCCC)c2ccccc23)cc1. The number of rotatable bonds is 9. The molecule has 3 aliphatic rings. The van der Waals surface area contributed by atoms with E-state index in [-0.39, 0.29) is 18.2 Å². The summed E-state index contributed by atoms with van der Waals surface area (Å²) in [6.45, 7) is 7.07. The molecule has 2 aromatic rings. The molecule has 0 aliphatic carbocycles. The highest BCUT2D eigenvalue weighted by atomic mass is 16.5. The van der Waals surface area contributed by atoms with E-state index < -0.39 is 28.9 Å². The van der Waals surface area contributed by atoms with Crippen molar-refractivity contribution in [1.29, 1.82) is 0 Å². The number of anilines is 1. The van der Waals surface area contributed by atoms with Gasteiger partial charge in [-0.3, -0.25) is 14.4 Å². The van der Waals surface area contributed by atoms with Gasteiger partial charge in [-0.2, -0.15) is 0 Å². The van der Waals surface area contributed by atoms with Gasteiger partial charge in [0.15, 0.2) is 5.54 Å². The maximum atomic E-state index is 14.5. The Kier molecular flexibility index (Phi) is 7.08. The van der Waals surface area contributed by atoms with Gasteiger partial charge in [0.2, 0.25) is 0 Å². The Labute approximate surface area is 222 Å². The number of fused-ring (bicyclic) bond motifs is 2. The number of carbonyl (C=O) groups is 3. The molecule has 1 spiro atoms. The van der Waals surface area contributed by atoms with Crippen LogP contribution in [-0.2, 0) is 24.7 Å². The minimum Gasteiger partial charge on any atom is -0.507 e. The standard InChI is InChI=1S/C30H32N2O6/c1-3-5-16-31-24-11-7-6-10-23(24)30(29(31)36)25(26(33)20-12-14-21(15-13-20)37-17-4-2)27(34)28(35)32(30)19-22-9-8-18-38-22/h4,6-7,10-15,22,33H,2-3,5,8-9,16-19H2,1H3/b26-25-. The summed E-state index contributed by atoms with van der Waals surface area (Å²) < 4.78 is 11.3. The molecule has 2 unspecified atom stereocenters. The van der Waals surface area contributed by atoms with Gasteiger partial charge in [-0.05, 0) is 49.6 Å². The largest absolute Gasteiger partial charge is 0.507 e. The maximum absolute atomic E-state index is 14.5. The topological polar surface area (TPSA) is 96.4 Å². The third-order valence-corrected chi connectivity index (χ3v) is 7.45. The van der Waals surface area contributed by atoms with Gasteiger partial charge in [-0.1, -0.05) is 44.2 Å². The third-order valence-electron chi connectivity index (χ3n) is 7.45. The molecule has 0 bridgehead atoms. The van der Waals surface area contributed by atoms with Crippen molar-refractivity contribution in [3.63, 3.8) is 0 Å². The van der Waals surface area contributed by atoms with Crippen LogP contribution >= 0.6 is 0 Å². The molecular formula is C30H32N2O6. The van der Waals surface area contributed by atoms with Gasteiger partial charge in [-0.25, -0.2) is 0 Å². The number of hydrogen-bond acceptors (Lipinski definition) is 6. The Morgan fingerprint density at radius 2 is 1.95 bits per heavy atom. The first-order valence-corrected chi connectivity index (χ1v) is 13.1. The van der Waals surface area contributed by atoms with E-state index >= 15 is 0 Å². The van der Waals surface area contributed by atoms with E-state index in [1.807, 2.05) is 19.1 Å². The van der Waals surface area contributed by atoms with Crippen LogP contribution < -0.4 is 9.64 Å². The second kappa shape index (κ2) is 10.5. The lowest BCUT2D eigenvalue weighted by atomic mass is 9.81. The summed E-state index contributed by atoms with van der Waals surface area (Å²) >= 11 is 0. The smallest absolute Gasteiger partial charge is 0.296 e. The highest BCUT2D eigenvalue weighted by molar-refractivity contribution is 6.50. The lowest BCUT2D eigenvalue weighted by Crippen LogP contribution is -2.54. The van der Waals surface area contributed by atoms with Gasteiger partial charge < -0.3 is 24.4 Å². The molecule has 0 radical (unpaired) electrons. The van der Waals surface area contributed by atoms with Crippen LogP contribution in [0.1, 0.15) is 43.7 Å². The fourth-order valence-corrected chi connectivity index (χ4v) is 5.66. The number of hydrogen-bond donors (Lipinski definition) is 1. The number of ketones is 1. The van der Waals surface area contributed by atoms with Crippen LogP contribution in [0.2, 0.25) is 0 Å². The van der Waals surface area contributed by atoms with Gasteiger partial charge in [0, 0.05) is 30.8 Å². The van der Waals surface area contributed by atoms with Crippen LogP contribution in [0.25, 0.3) is 5.76 Å². The molecule has 198 valence electrons. The number of benzene rings is 2. The molecule has 3 aliphatic heterocycles. The number of aliphatic hydroxyl groups is 1. The van der Waals surface area contributed by atoms with E-state index in [0.717, 1.165) is 25.7 Å². The summed E-state index contributed by atoms with van der Waals surface area (Å²) in [6, 6.07) is 13.7. The second-order valence-corrected chi connectivity index (χ2v) is 9.77. The van der Waals surface area contributed by atoms with Gasteiger partial charge in [0.05, 0.1) is 17.4 Å². The first kappa shape index (κ1) is 25.7. The highest BCUT2D eigenvalue weighted by Crippen LogP contribution is 2.54. The van der Waals surface area contributed by atoms with Crippen molar-refractivity contribution in [2.24, 2.45) is 0 Å². The van der Waals surface area contributed by atoms with Crippen LogP contribution in [0.5, 0.6) is 5.75 Å². The fraction of sp³-hybridized carbons (Fsp3) is 0.367. The molecule has 2 atom stereocenters. The summed E-state index contributed by atoms with van der Waals surface area (Å²) in [7, 11) is 0. The average molecular weight is 517 g/mol. The molecule has 2 saturated heterocycles. The monoisotopic (exact) mass is 516 g/mol. The number of unbranched alkanes of at least 4 members (excludes halogenated alkanes) is 1. The number of aliphatic hydroxyl groups excluding tert-OH is 1. The molecule has 0 saturated carbocycles. The van der Waals surface area contributed by atoms with E-state index in [9.17, 15) is 19.5 Å². The average Bonchev–Trinajstić information content (AvgIpc) is 3.60. The predicted octanol–water partition coefficient (Wildman–Crippen LogP) is 4.15. The molecule has 38 heavy (non-hydrogen) atoms. The summed E-state index contributed by atoms with van der Waals surface area (Å²) in [5.41, 5.74) is -0.512. The van der Waals surface area contributed by atoms with Crippen molar-refractivity contribution in [3.8, 4) is 5.75 Å². The zero-order valence-corrected chi connectivity index (χ0v) is 21.5. The zero-order chi connectivity index (χ0) is 26.9. The lowest BCUT2D eigenvalue weighted by molar-refractivity contribution is -0.145. The second-order valence-electron chi connectivity index (χ2n) is 9.77. The molecule has 2 fully saturated rings. The first-order valence-electron chi connectivity index (χ1n) is 13.1. The summed E-state index contributed by atoms with van der Waals surface area (Å²) in [5, 5.41) is 11.6. The van der Waals surface area contributed by atoms with Gasteiger partial charge >= 0.3 is 0 Å². The van der Waals surface area contributed by atoms with E-state index in [1.54, 1.807) is 47.4 Å². The summed E-state index contributed by atoms with van der Waals surface area (Å²) in [4.78, 5) is 44.8. The van der Waals surface area contributed by atoms with Crippen molar-refractivity contribution >= 4 is 29.0 Å². The maximum Gasteiger partial charge on any atom is 0.296 e. The molecule has 2 amide bonds. The molecule has 8 nitrogen and oxygen atoms in total. The first-order chi connectivity index (χ1) is 18.4.